The van der Waals surface area contributed by atoms with E-state index in [1.165, 1.54) is 76.3 Å². The van der Waals surface area contributed by atoms with Crippen LogP contribution in [0, 0.1) is 5.82 Å². The number of unbranched alkanes of at least 4 members (excludes halogenated alkanes) is 11. The number of halogens is 1. The fourth-order valence-electron chi connectivity index (χ4n) is 7.42. The van der Waals surface area contributed by atoms with Crippen molar-refractivity contribution < 1.29 is 14.3 Å². The number of phenolic OH excluding ortho intramolecular Hbond substituents is 1. The number of rotatable bonds is 19. The van der Waals surface area contributed by atoms with E-state index < -0.39 is 5.82 Å². The minimum atomic E-state index is -0.639. The van der Waals surface area contributed by atoms with Crippen molar-refractivity contribution >= 4 is 16.7 Å². The van der Waals surface area contributed by atoms with Gasteiger partial charge in [0.05, 0.1) is 34.7 Å². The first-order chi connectivity index (χ1) is 24.4. The number of Topliss-reactive ketones (excluding diaryl/α,β-unsaturated/α-hetero) is 1. The number of ketones is 1. The van der Waals surface area contributed by atoms with E-state index in [9.17, 15) is 14.3 Å². The van der Waals surface area contributed by atoms with E-state index in [4.69, 9.17) is 4.98 Å². The lowest BCUT2D eigenvalue weighted by atomic mass is 9.96. The lowest BCUT2D eigenvalue weighted by Gasteiger charge is -2.26. The first-order valence-corrected chi connectivity index (χ1v) is 18.7. The van der Waals surface area contributed by atoms with Crippen LogP contribution in [0.15, 0.2) is 42.7 Å². The van der Waals surface area contributed by atoms with Crippen molar-refractivity contribution in [3.05, 3.63) is 71.1 Å². The first-order valence-electron chi connectivity index (χ1n) is 18.7. The van der Waals surface area contributed by atoms with Gasteiger partial charge in [0.2, 0.25) is 0 Å². The van der Waals surface area contributed by atoms with E-state index in [0.29, 0.717) is 30.9 Å². The van der Waals surface area contributed by atoms with Gasteiger partial charge in [0.15, 0.2) is 23.2 Å². The summed E-state index contributed by atoms with van der Waals surface area (Å²) in [6.07, 6.45) is 20.4. The van der Waals surface area contributed by atoms with Crippen LogP contribution in [-0.2, 0) is 26.6 Å². The van der Waals surface area contributed by atoms with Gasteiger partial charge < -0.3 is 10.1 Å². The predicted octanol–water partition coefficient (Wildman–Crippen LogP) is 9.42. The van der Waals surface area contributed by atoms with Crippen molar-refractivity contribution in [1.29, 1.82) is 0 Å². The maximum atomic E-state index is 14.3. The van der Waals surface area contributed by atoms with Gasteiger partial charge in [-0.1, -0.05) is 97.0 Å². The van der Waals surface area contributed by atoms with Gasteiger partial charge in [-0.15, -0.1) is 0 Å². The van der Waals surface area contributed by atoms with E-state index in [2.05, 4.69) is 32.1 Å². The number of aryl methyl sites for hydroxylation is 2. The average molecular weight is 682 g/mol. The summed E-state index contributed by atoms with van der Waals surface area (Å²) in [5, 5.41) is 22.8. The minimum Gasteiger partial charge on any atom is -0.505 e. The zero-order valence-electron chi connectivity index (χ0n) is 29.9. The van der Waals surface area contributed by atoms with Crippen LogP contribution >= 0.6 is 0 Å². The molecule has 0 amide bonds. The van der Waals surface area contributed by atoms with Gasteiger partial charge in [-0.2, -0.15) is 10.2 Å². The molecule has 0 radical (unpaired) electrons. The Labute approximate surface area is 294 Å². The lowest BCUT2D eigenvalue weighted by Crippen LogP contribution is -2.38. The molecule has 1 atom stereocenters. The van der Waals surface area contributed by atoms with E-state index in [-0.39, 0.29) is 17.6 Å². The number of carbonyl (C=O) groups is 1. The monoisotopic (exact) mass is 681 g/mol. The van der Waals surface area contributed by atoms with Crippen molar-refractivity contribution in [2.45, 2.75) is 123 Å². The topological polar surface area (TPSA) is 116 Å². The van der Waals surface area contributed by atoms with Crippen molar-refractivity contribution in [3.63, 3.8) is 0 Å². The Morgan fingerprint density at radius 3 is 2.34 bits per heavy atom. The predicted molar refractivity (Wildman–Crippen MR) is 196 cm³/mol. The Balaban J connectivity index is 1.08. The molecule has 0 fully saturated rings. The molecule has 0 saturated carbocycles. The number of fused-ring (bicyclic) bond motifs is 2. The smallest absolute Gasteiger partial charge is 0.183 e. The van der Waals surface area contributed by atoms with Gasteiger partial charge in [0.1, 0.15) is 5.69 Å². The number of nitrogens with zero attached hydrogens (tertiary/aromatic N) is 5. The summed E-state index contributed by atoms with van der Waals surface area (Å²) < 4.78 is 16.0. The van der Waals surface area contributed by atoms with Crippen molar-refractivity contribution in [2.24, 2.45) is 7.05 Å². The Hall–Kier alpha value is -4.31. The molecule has 0 bridgehead atoms. The number of phenols is 1. The number of hydrogen-bond acceptors (Lipinski definition) is 6. The highest BCUT2D eigenvalue weighted by atomic mass is 19.1. The van der Waals surface area contributed by atoms with Crippen molar-refractivity contribution in [3.8, 4) is 28.4 Å². The molecule has 1 unspecified atom stereocenters. The Morgan fingerprint density at radius 2 is 1.68 bits per heavy atom. The van der Waals surface area contributed by atoms with Crippen LogP contribution in [0.4, 0.5) is 4.39 Å². The maximum Gasteiger partial charge on any atom is 0.183 e. The minimum absolute atomic E-state index is 0.125. The second kappa shape index (κ2) is 16.6. The summed E-state index contributed by atoms with van der Waals surface area (Å²) >= 11 is 0. The van der Waals surface area contributed by atoms with Crippen LogP contribution in [0.2, 0.25) is 0 Å². The van der Waals surface area contributed by atoms with Crippen LogP contribution in [0.1, 0.15) is 125 Å². The molecule has 3 aromatic heterocycles. The zero-order chi connectivity index (χ0) is 35.0. The Bertz CT molecular complexity index is 1870. The van der Waals surface area contributed by atoms with Crippen LogP contribution in [0.5, 0.6) is 5.75 Å². The van der Waals surface area contributed by atoms with Gasteiger partial charge in [-0.05, 0) is 53.8 Å². The van der Waals surface area contributed by atoms with Gasteiger partial charge >= 0.3 is 0 Å². The summed E-state index contributed by atoms with van der Waals surface area (Å²) in [5.41, 5.74) is 6.61. The molecule has 6 rings (SSSR count). The van der Waals surface area contributed by atoms with Crippen molar-refractivity contribution in [1.82, 2.24) is 34.8 Å². The first kappa shape index (κ1) is 35.5. The third-order valence-electron chi connectivity index (χ3n) is 10.3. The highest BCUT2D eigenvalue weighted by Crippen LogP contribution is 2.35. The highest BCUT2D eigenvalue weighted by Gasteiger charge is 2.34. The maximum absolute atomic E-state index is 14.3. The van der Waals surface area contributed by atoms with E-state index in [0.717, 1.165) is 63.9 Å². The second-order valence-electron chi connectivity index (χ2n) is 14.0. The van der Waals surface area contributed by atoms with E-state index in [1.54, 1.807) is 10.9 Å². The molecule has 1 aliphatic heterocycles. The number of hydrogen-bond donors (Lipinski definition) is 3. The summed E-state index contributed by atoms with van der Waals surface area (Å²) in [5.74, 6) is -0.160. The van der Waals surface area contributed by atoms with Gasteiger partial charge in [-0.25, -0.2) is 9.37 Å². The number of aromatic amines is 2. The van der Waals surface area contributed by atoms with Crippen LogP contribution < -0.4 is 0 Å². The number of benzene rings is 2. The number of aromatic hydroxyl groups is 1. The number of H-pyrrole nitrogens is 2. The molecule has 5 aromatic rings. The average Bonchev–Trinajstić information content (AvgIpc) is 3.91. The van der Waals surface area contributed by atoms with Gasteiger partial charge in [0.25, 0.3) is 0 Å². The number of aromatic nitrogens is 6. The molecule has 9 nitrogen and oxygen atoms in total. The number of carbonyl (C=O) groups excluding carboxylic acids is 1. The largest absolute Gasteiger partial charge is 0.505 e. The molecule has 3 N–H and O–H groups in total. The molecule has 1 aliphatic rings. The number of nitrogens with one attached hydrogen (secondary N) is 2. The summed E-state index contributed by atoms with van der Waals surface area (Å²) in [6, 6.07) is 8.55. The van der Waals surface area contributed by atoms with Crippen LogP contribution in [0.25, 0.3) is 33.5 Å². The molecule has 0 aliphatic carbocycles. The standard InChI is InChI=1S/C40H52FN7O2/c1-4-6-7-8-9-10-11-12-13-14-15-16-17-36(39(50)29-23-42-47(3)24-29)48-25-34-35(26-48)44-40(43-34)38-30-19-18-28(20-33(30)45-46-38)31-22-32(41)37(49)21-27(31)5-2/h18-24,36,49H,4-17,25-26H2,1-3H3,(H,43,44)(H,45,46). The summed E-state index contributed by atoms with van der Waals surface area (Å²) in [7, 11) is 1.85. The zero-order valence-corrected chi connectivity index (χ0v) is 29.9. The molecule has 0 saturated heterocycles. The molecular weight excluding hydrogens is 629 g/mol. The van der Waals surface area contributed by atoms with Crippen molar-refractivity contribution in [2.75, 3.05) is 0 Å². The SMILES string of the molecule is CCCCCCCCCCCCCCC(C(=O)c1cnn(C)c1)N1Cc2nc(-c3n[nH]c4cc(-c5cc(F)c(O)cc5CC)ccc34)[nH]c2C1. The normalized spacial score (nSPS) is 13.8. The molecule has 0 spiro atoms. The molecule has 2 aromatic carbocycles. The summed E-state index contributed by atoms with van der Waals surface area (Å²) in [6.45, 7) is 5.47. The number of imidazole rings is 1. The summed E-state index contributed by atoms with van der Waals surface area (Å²) in [4.78, 5) is 24.5. The lowest BCUT2D eigenvalue weighted by molar-refractivity contribution is 0.0793. The molecular formula is C40H52FN7O2. The Morgan fingerprint density at radius 1 is 0.960 bits per heavy atom. The third kappa shape index (κ3) is 8.18. The fraction of sp³-hybridized carbons (Fsp3) is 0.500. The van der Waals surface area contributed by atoms with E-state index >= 15 is 0 Å². The van der Waals surface area contributed by atoms with E-state index in [1.807, 2.05) is 38.4 Å². The molecule has 50 heavy (non-hydrogen) atoms. The molecule has 4 heterocycles. The Kier molecular flexibility index (Phi) is 11.8. The second-order valence-corrected chi connectivity index (χ2v) is 14.0. The fourth-order valence-corrected chi connectivity index (χ4v) is 7.42. The molecule has 10 heteroatoms. The van der Waals surface area contributed by atoms with Gasteiger partial charge in [-0.3, -0.25) is 19.5 Å². The third-order valence-corrected chi connectivity index (χ3v) is 10.3. The molecule has 266 valence electrons. The van der Waals surface area contributed by atoms with Crippen LogP contribution in [0.3, 0.4) is 0 Å². The quantitative estimate of drug-likeness (QED) is 0.0591. The highest BCUT2D eigenvalue weighted by molar-refractivity contribution is 5.99. The van der Waals surface area contributed by atoms with Gasteiger partial charge in [0, 0.05) is 31.7 Å². The van der Waals surface area contributed by atoms with Crippen LogP contribution in [-0.4, -0.2) is 51.8 Å².